The number of para-hydroxylation sites is 2. The summed E-state index contributed by atoms with van der Waals surface area (Å²) in [6.07, 6.45) is 0.293. The van der Waals surface area contributed by atoms with E-state index in [2.05, 4.69) is 0 Å². The molecular formula is C21H22N2O6S. The number of anilines is 1. The number of hydrogen-bond acceptors (Lipinski definition) is 6. The van der Waals surface area contributed by atoms with E-state index in [1.54, 1.807) is 29.2 Å². The summed E-state index contributed by atoms with van der Waals surface area (Å²) in [6.45, 7) is 2.00. The third kappa shape index (κ3) is 4.03. The van der Waals surface area contributed by atoms with E-state index in [-0.39, 0.29) is 23.3 Å². The van der Waals surface area contributed by atoms with Crippen molar-refractivity contribution in [2.24, 2.45) is 0 Å². The lowest BCUT2D eigenvalue weighted by molar-refractivity contribution is -0.142. The third-order valence-corrected chi connectivity index (χ3v) is 6.27. The topological polar surface area (TPSA) is 93.2 Å². The van der Waals surface area contributed by atoms with Gasteiger partial charge in [0.25, 0.3) is 11.8 Å². The molecule has 1 fully saturated rings. The summed E-state index contributed by atoms with van der Waals surface area (Å²) in [5, 5.41) is 0. The Balaban J connectivity index is 1.62. The Morgan fingerprint density at radius 2 is 1.67 bits per heavy atom. The van der Waals surface area contributed by atoms with Crippen molar-refractivity contribution in [3.63, 3.8) is 0 Å². The molecule has 9 heteroatoms. The average Bonchev–Trinajstić information content (AvgIpc) is 2.77. The smallest absolute Gasteiger partial charge is 0.265 e. The fourth-order valence-electron chi connectivity index (χ4n) is 3.54. The number of nitrogens with zero attached hydrogens (tertiary/aromatic N) is 2. The molecule has 1 unspecified atom stereocenters. The number of benzene rings is 2. The Kier molecular flexibility index (Phi) is 5.48. The van der Waals surface area contributed by atoms with Crippen molar-refractivity contribution in [2.75, 3.05) is 44.0 Å². The van der Waals surface area contributed by atoms with E-state index in [0.29, 0.717) is 43.3 Å². The molecule has 0 aliphatic carbocycles. The highest BCUT2D eigenvalue weighted by atomic mass is 32.2. The standard InChI is InChI=1S/C21H22N2O6S/c1-30(26,27)16-8-6-15(7-9-16)20(24)23-14-19(21(25)22-10-12-28-13-11-22)29-18-5-3-2-4-17(18)23/h2-9,19H,10-14H2,1H3. The molecule has 0 saturated carbocycles. The van der Waals surface area contributed by atoms with E-state index >= 15 is 0 Å². The molecule has 8 nitrogen and oxygen atoms in total. The van der Waals surface area contributed by atoms with Crippen LogP contribution in [0, 0.1) is 0 Å². The van der Waals surface area contributed by atoms with Gasteiger partial charge >= 0.3 is 0 Å². The Morgan fingerprint density at radius 3 is 2.33 bits per heavy atom. The average molecular weight is 430 g/mol. The SMILES string of the molecule is CS(=O)(=O)c1ccc(C(=O)N2CC(C(=O)N3CCOCC3)Oc3ccccc32)cc1. The molecule has 2 amide bonds. The van der Waals surface area contributed by atoms with Crippen LogP contribution in [0.4, 0.5) is 5.69 Å². The summed E-state index contributed by atoms with van der Waals surface area (Å²) >= 11 is 0. The number of carbonyl (C=O) groups excluding carboxylic acids is 2. The second kappa shape index (κ2) is 8.08. The van der Waals surface area contributed by atoms with Gasteiger partial charge < -0.3 is 19.3 Å². The van der Waals surface area contributed by atoms with Crippen molar-refractivity contribution in [1.29, 1.82) is 0 Å². The van der Waals surface area contributed by atoms with Crippen LogP contribution in [0.2, 0.25) is 0 Å². The van der Waals surface area contributed by atoms with Gasteiger partial charge in [0.1, 0.15) is 5.75 Å². The van der Waals surface area contributed by atoms with Gasteiger partial charge in [0.2, 0.25) is 0 Å². The van der Waals surface area contributed by atoms with Crippen LogP contribution in [-0.4, -0.2) is 70.3 Å². The number of morpholine rings is 1. The lowest BCUT2D eigenvalue weighted by atomic mass is 10.1. The number of amides is 2. The Bertz CT molecular complexity index is 1060. The normalized spacial score (nSPS) is 19.0. The maximum Gasteiger partial charge on any atom is 0.265 e. The van der Waals surface area contributed by atoms with Crippen LogP contribution in [0.25, 0.3) is 0 Å². The highest BCUT2D eigenvalue weighted by Crippen LogP contribution is 2.34. The monoisotopic (exact) mass is 430 g/mol. The number of sulfone groups is 1. The zero-order chi connectivity index (χ0) is 21.3. The first-order chi connectivity index (χ1) is 14.3. The van der Waals surface area contributed by atoms with E-state index in [0.717, 1.165) is 6.26 Å². The van der Waals surface area contributed by atoms with E-state index in [4.69, 9.17) is 9.47 Å². The van der Waals surface area contributed by atoms with Gasteiger partial charge in [-0.2, -0.15) is 0 Å². The summed E-state index contributed by atoms with van der Waals surface area (Å²) in [7, 11) is -3.36. The van der Waals surface area contributed by atoms with Crippen LogP contribution >= 0.6 is 0 Å². The Labute approximate surface area is 174 Å². The van der Waals surface area contributed by atoms with Gasteiger partial charge in [-0.15, -0.1) is 0 Å². The largest absolute Gasteiger partial charge is 0.476 e. The number of rotatable bonds is 3. The molecule has 158 valence electrons. The number of carbonyl (C=O) groups is 2. The predicted molar refractivity (Wildman–Crippen MR) is 109 cm³/mol. The van der Waals surface area contributed by atoms with E-state index < -0.39 is 15.9 Å². The highest BCUT2D eigenvalue weighted by Gasteiger charge is 2.36. The lowest BCUT2D eigenvalue weighted by Gasteiger charge is -2.37. The zero-order valence-corrected chi connectivity index (χ0v) is 17.3. The van der Waals surface area contributed by atoms with Crippen molar-refractivity contribution in [1.82, 2.24) is 4.90 Å². The summed E-state index contributed by atoms with van der Waals surface area (Å²) < 4.78 is 34.6. The first-order valence-corrected chi connectivity index (χ1v) is 11.5. The lowest BCUT2D eigenvalue weighted by Crippen LogP contribution is -2.54. The van der Waals surface area contributed by atoms with E-state index in [9.17, 15) is 18.0 Å². The summed E-state index contributed by atoms with van der Waals surface area (Å²) in [6, 6.07) is 12.8. The van der Waals surface area contributed by atoms with Crippen molar-refractivity contribution in [3.05, 3.63) is 54.1 Å². The summed E-state index contributed by atoms with van der Waals surface area (Å²) in [5.41, 5.74) is 0.900. The van der Waals surface area contributed by atoms with Gasteiger partial charge in [-0.3, -0.25) is 9.59 Å². The molecule has 2 aliphatic rings. The molecule has 4 rings (SSSR count). The fraction of sp³-hybridized carbons (Fsp3) is 0.333. The van der Waals surface area contributed by atoms with Crippen LogP contribution in [0.5, 0.6) is 5.75 Å². The second-order valence-electron chi connectivity index (χ2n) is 7.22. The minimum absolute atomic E-state index is 0.0693. The molecule has 0 spiro atoms. The molecule has 0 bridgehead atoms. The van der Waals surface area contributed by atoms with Gasteiger partial charge in [-0.25, -0.2) is 8.42 Å². The van der Waals surface area contributed by atoms with E-state index in [1.165, 1.54) is 29.2 Å². The maximum absolute atomic E-state index is 13.2. The quantitative estimate of drug-likeness (QED) is 0.730. The molecule has 2 heterocycles. The number of fused-ring (bicyclic) bond motifs is 1. The molecule has 2 aromatic rings. The highest BCUT2D eigenvalue weighted by molar-refractivity contribution is 7.90. The maximum atomic E-state index is 13.2. The van der Waals surface area contributed by atoms with Gasteiger partial charge in [0, 0.05) is 24.9 Å². The zero-order valence-electron chi connectivity index (χ0n) is 16.5. The van der Waals surface area contributed by atoms with E-state index in [1.807, 2.05) is 0 Å². The Morgan fingerprint density at radius 1 is 1.00 bits per heavy atom. The van der Waals surface area contributed by atoms with Gasteiger partial charge in [0.15, 0.2) is 15.9 Å². The fourth-order valence-corrected chi connectivity index (χ4v) is 4.17. The molecule has 30 heavy (non-hydrogen) atoms. The Hall–Kier alpha value is -2.91. The molecule has 1 atom stereocenters. The first-order valence-electron chi connectivity index (χ1n) is 9.59. The number of hydrogen-bond donors (Lipinski definition) is 0. The molecule has 0 N–H and O–H groups in total. The number of ether oxygens (including phenoxy) is 2. The van der Waals surface area contributed by atoms with Gasteiger partial charge in [-0.05, 0) is 36.4 Å². The van der Waals surface area contributed by atoms with Crippen molar-refractivity contribution < 1.29 is 27.5 Å². The molecule has 2 aliphatic heterocycles. The van der Waals surface area contributed by atoms with Crippen molar-refractivity contribution in [3.8, 4) is 5.75 Å². The van der Waals surface area contributed by atoms with Gasteiger partial charge in [-0.1, -0.05) is 12.1 Å². The van der Waals surface area contributed by atoms with Gasteiger partial charge in [0.05, 0.1) is 30.3 Å². The molecule has 0 aromatic heterocycles. The molecule has 1 saturated heterocycles. The third-order valence-electron chi connectivity index (χ3n) is 5.15. The minimum Gasteiger partial charge on any atom is -0.476 e. The second-order valence-corrected chi connectivity index (χ2v) is 9.24. The van der Waals surface area contributed by atoms with Crippen molar-refractivity contribution in [2.45, 2.75) is 11.0 Å². The molecule has 2 aromatic carbocycles. The molecule has 0 radical (unpaired) electrons. The van der Waals surface area contributed by atoms with Crippen LogP contribution in [-0.2, 0) is 19.4 Å². The van der Waals surface area contributed by atoms with Crippen LogP contribution in [0.1, 0.15) is 10.4 Å². The van der Waals surface area contributed by atoms with Crippen LogP contribution < -0.4 is 9.64 Å². The summed E-state index contributed by atoms with van der Waals surface area (Å²) in [4.78, 5) is 29.5. The minimum atomic E-state index is -3.36. The first kappa shape index (κ1) is 20.4. The predicted octanol–water partition coefficient (Wildman–Crippen LogP) is 1.36. The molecular weight excluding hydrogens is 408 g/mol. The summed E-state index contributed by atoms with van der Waals surface area (Å²) in [5.74, 6) is -0.0555. The van der Waals surface area contributed by atoms with Crippen molar-refractivity contribution >= 4 is 27.3 Å². The van der Waals surface area contributed by atoms with Crippen LogP contribution in [0.15, 0.2) is 53.4 Å². The van der Waals surface area contributed by atoms with Crippen LogP contribution in [0.3, 0.4) is 0 Å².